The molecule has 2 bridgehead atoms. The van der Waals surface area contributed by atoms with Crippen LogP contribution >= 0.6 is 0 Å². The largest absolute Gasteiger partial charge is 0.314 e. The quantitative estimate of drug-likeness (QED) is 0.655. The van der Waals surface area contributed by atoms with Crippen molar-refractivity contribution in [1.29, 1.82) is 0 Å². The van der Waals surface area contributed by atoms with Gasteiger partial charge in [0.2, 0.25) is 0 Å². The van der Waals surface area contributed by atoms with Gasteiger partial charge in [-0.15, -0.1) is 0 Å². The lowest BCUT2D eigenvalue weighted by molar-refractivity contribution is 0.353. The fourth-order valence-corrected chi connectivity index (χ4v) is 2.82. The van der Waals surface area contributed by atoms with E-state index in [0.29, 0.717) is 0 Å². The van der Waals surface area contributed by atoms with Crippen LogP contribution in [0.25, 0.3) is 0 Å². The van der Waals surface area contributed by atoms with Crippen molar-refractivity contribution < 1.29 is 0 Å². The Labute approximate surface area is 69.6 Å². The van der Waals surface area contributed by atoms with Crippen molar-refractivity contribution in [2.24, 2.45) is 11.8 Å². The molecule has 0 aromatic carbocycles. The summed E-state index contributed by atoms with van der Waals surface area (Å²) in [4.78, 5) is 0. The molecule has 0 spiro atoms. The van der Waals surface area contributed by atoms with Gasteiger partial charge in [0.1, 0.15) is 0 Å². The first-order valence-corrected chi connectivity index (χ1v) is 5.13. The fourth-order valence-electron chi connectivity index (χ4n) is 2.82. The third-order valence-electron chi connectivity index (χ3n) is 3.39. The molecule has 0 amide bonds. The Morgan fingerprint density at radius 1 is 1.27 bits per heavy atom. The molecule has 2 saturated carbocycles. The summed E-state index contributed by atoms with van der Waals surface area (Å²) in [6, 6.07) is 0.897. The van der Waals surface area contributed by atoms with Crippen LogP contribution in [0.1, 0.15) is 39.0 Å². The molecule has 2 rings (SSSR count). The van der Waals surface area contributed by atoms with E-state index in [9.17, 15) is 0 Å². The average Bonchev–Trinajstić information content (AvgIpc) is 2.60. The zero-order valence-corrected chi connectivity index (χ0v) is 7.47. The van der Waals surface area contributed by atoms with Crippen molar-refractivity contribution in [3.8, 4) is 0 Å². The summed E-state index contributed by atoms with van der Waals surface area (Å²) in [7, 11) is 0. The molecule has 11 heavy (non-hydrogen) atoms. The summed E-state index contributed by atoms with van der Waals surface area (Å²) in [6.07, 6.45) is 7.32. The highest BCUT2D eigenvalue weighted by molar-refractivity contribution is 4.93. The first-order valence-electron chi connectivity index (χ1n) is 5.13. The molecule has 0 heterocycles. The van der Waals surface area contributed by atoms with E-state index in [1.807, 2.05) is 0 Å². The summed E-state index contributed by atoms with van der Waals surface area (Å²) in [5, 5.41) is 3.66. The maximum Gasteiger partial charge on any atom is 0.00980 e. The van der Waals surface area contributed by atoms with Gasteiger partial charge in [-0.1, -0.05) is 13.3 Å². The summed E-state index contributed by atoms with van der Waals surface area (Å²) >= 11 is 0. The van der Waals surface area contributed by atoms with Crippen molar-refractivity contribution in [2.45, 2.75) is 45.1 Å². The van der Waals surface area contributed by atoms with E-state index in [4.69, 9.17) is 0 Å². The van der Waals surface area contributed by atoms with Gasteiger partial charge in [-0.25, -0.2) is 0 Å². The van der Waals surface area contributed by atoms with Crippen LogP contribution in [0.3, 0.4) is 0 Å². The van der Waals surface area contributed by atoms with Crippen molar-refractivity contribution in [3.63, 3.8) is 0 Å². The first kappa shape index (κ1) is 7.60. The molecule has 1 nitrogen and oxygen atoms in total. The average molecular weight is 153 g/mol. The summed E-state index contributed by atoms with van der Waals surface area (Å²) in [5.41, 5.74) is 0. The molecule has 2 fully saturated rings. The monoisotopic (exact) mass is 153 g/mol. The van der Waals surface area contributed by atoms with E-state index in [0.717, 1.165) is 17.9 Å². The fraction of sp³-hybridized carbons (Fsp3) is 1.00. The minimum Gasteiger partial charge on any atom is -0.314 e. The van der Waals surface area contributed by atoms with Crippen molar-refractivity contribution in [1.82, 2.24) is 5.32 Å². The van der Waals surface area contributed by atoms with Crippen LogP contribution in [0.2, 0.25) is 0 Å². The van der Waals surface area contributed by atoms with E-state index in [1.165, 1.54) is 38.6 Å². The molecule has 0 radical (unpaired) electrons. The van der Waals surface area contributed by atoms with Gasteiger partial charge in [-0.2, -0.15) is 0 Å². The lowest BCUT2D eigenvalue weighted by Gasteiger charge is -2.22. The Hall–Kier alpha value is -0.0400. The molecular weight excluding hydrogens is 134 g/mol. The van der Waals surface area contributed by atoms with Crippen LogP contribution in [0.15, 0.2) is 0 Å². The van der Waals surface area contributed by atoms with Gasteiger partial charge in [-0.05, 0) is 44.1 Å². The van der Waals surface area contributed by atoms with E-state index in [2.05, 4.69) is 12.2 Å². The molecule has 0 aromatic rings. The zero-order chi connectivity index (χ0) is 7.68. The molecule has 2 aliphatic carbocycles. The van der Waals surface area contributed by atoms with Gasteiger partial charge in [0.15, 0.2) is 0 Å². The molecule has 0 saturated heterocycles. The second-order valence-corrected chi connectivity index (χ2v) is 4.24. The highest BCUT2D eigenvalue weighted by Crippen LogP contribution is 2.44. The topological polar surface area (TPSA) is 12.0 Å². The van der Waals surface area contributed by atoms with Crippen molar-refractivity contribution in [3.05, 3.63) is 0 Å². The van der Waals surface area contributed by atoms with Gasteiger partial charge in [-0.3, -0.25) is 0 Å². The van der Waals surface area contributed by atoms with Crippen molar-refractivity contribution in [2.75, 3.05) is 6.54 Å². The van der Waals surface area contributed by atoms with Crippen LogP contribution in [-0.2, 0) is 0 Å². The highest BCUT2D eigenvalue weighted by atomic mass is 14.9. The van der Waals surface area contributed by atoms with E-state index in [-0.39, 0.29) is 0 Å². The number of nitrogens with one attached hydrogen (secondary N) is 1. The smallest absolute Gasteiger partial charge is 0.00980 e. The maximum atomic E-state index is 3.66. The lowest BCUT2D eigenvalue weighted by atomic mass is 9.95. The van der Waals surface area contributed by atoms with Crippen LogP contribution in [0.5, 0.6) is 0 Å². The summed E-state index contributed by atoms with van der Waals surface area (Å²) < 4.78 is 0. The molecule has 2 aliphatic rings. The third-order valence-corrected chi connectivity index (χ3v) is 3.39. The summed E-state index contributed by atoms with van der Waals surface area (Å²) in [5.74, 6) is 2.14. The van der Waals surface area contributed by atoms with Crippen LogP contribution in [-0.4, -0.2) is 12.6 Å². The van der Waals surface area contributed by atoms with Gasteiger partial charge in [0.05, 0.1) is 0 Å². The number of hydrogen-bond donors (Lipinski definition) is 1. The molecule has 1 N–H and O–H groups in total. The Kier molecular flexibility index (Phi) is 2.17. The van der Waals surface area contributed by atoms with Gasteiger partial charge >= 0.3 is 0 Å². The SMILES string of the molecule is CCCN[C@@H]1C[C@@H]2CC[C@@H]1C2. The van der Waals surface area contributed by atoms with E-state index < -0.39 is 0 Å². The zero-order valence-electron chi connectivity index (χ0n) is 7.47. The van der Waals surface area contributed by atoms with Crippen LogP contribution < -0.4 is 5.32 Å². The molecule has 3 atom stereocenters. The Bertz CT molecular complexity index is 133. The summed E-state index contributed by atoms with van der Waals surface area (Å²) in [6.45, 7) is 3.48. The van der Waals surface area contributed by atoms with Crippen LogP contribution in [0, 0.1) is 11.8 Å². The third kappa shape index (κ3) is 1.44. The minimum atomic E-state index is 0.897. The lowest BCUT2D eigenvalue weighted by Crippen LogP contribution is -2.34. The van der Waals surface area contributed by atoms with Gasteiger partial charge in [0.25, 0.3) is 0 Å². The molecule has 1 heteroatoms. The second kappa shape index (κ2) is 3.14. The van der Waals surface area contributed by atoms with Crippen molar-refractivity contribution >= 4 is 0 Å². The van der Waals surface area contributed by atoms with Gasteiger partial charge < -0.3 is 5.32 Å². The normalized spacial score (nSPS) is 41.7. The Morgan fingerprint density at radius 2 is 2.18 bits per heavy atom. The first-order chi connectivity index (χ1) is 5.40. The molecule has 64 valence electrons. The number of hydrogen-bond acceptors (Lipinski definition) is 1. The number of fused-ring (bicyclic) bond motifs is 2. The maximum absolute atomic E-state index is 3.66. The van der Waals surface area contributed by atoms with E-state index >= 15 is 0 Å². The highest BCUT2D eigenvalue weighted by Gasteiger charge is 2.38. The van der Waals surface area contributed by atoms with Crippen LogP contribution in [0.4, 0.5) is 0 Å². The Morgan fingerprint density at radius 3 is 2.73 bits per heavy atom. The van der Waals surface area contributed by atoms with E-state index in [1.54, 1.807) is 0 Å². The standard InChI is InChI=1S/C10H19N/c1-2-5-11-10-7-8-3-4-9(10)6-8/h8-11H,2-7H2,1H3/t8-,9-,10-/m1/s1. The second-order valence-electron chi connectivity index (χ2n) is 4.24. The molecule has 0 aliphatic heterocycles. The Balaban J connectivity index is 1.78. The predicted molar refractivity (Wildman–Crippen MR) is 47.5 cm³/mol. The minimum absolute atomic E-state index is 0.897. The number of rotatable bonds is 3. The molecule has 0 unspecified atom stereocenters. The predicted octanol–water partition coefficient (Wildman–Crippen LogP) is 2.17. The molecule has 0 aromatic heterocycles. The molecular formula is C10H19N. The van der Waals surface area contributed by atoms with Gasteiger partial charge in [0, 0.05) is 6.04 Å².